The number of β-amino-alcohol motifs (C(OH)–C–C–N with tert-alkyl or cyclic N) is 1. The highest BCUT2D eigenvalue weighted by Gasteiger charge is 2.45. The second-order valence-electron chi connectivity index (χ2n) is 14.8. The van der Waals surface area contributed by atoms with Crippen LogP contribution in [-0.2, 0) is 14.4 Å². The molecule has 0 radical (unpaired) electrons. The summed E-state index contributed by atoms with van der Waals surface area (Å²) in [6.45, 7) is 9.82. The standard InChI is InChI=1S/C36H52N4O4S/c1-22(24-13-16-27(17-14-24)31-23(2)37-21-45-31)38-34(43)30-19-29(41)20-40(30)35(44)32(36(3,4)5)39-33(42)28-12-8-11-26(15-18-28)25-9-6-7-10-25/h13-14,16-17,21-22,25-26,28-30,32,41H,6-12,15,18-20H2,1-5H3,(H,38,43)(H,39,42)/t22-,26?,28?,29+,30-,32+/m0/s1. The van der Waals surface area contributed by atoms with E-state index in [1.165, 1.54) is 37.0 Å². The van der Waals surface area contributed by atoms with Crippen LogP contribution in [0.5, 0.6) is 0 Å². The third-order valence-electron chi connectivity index (χ3n) is 10.5. The predicted molar refractivity (Wildman–Crippen MR) is 178 cm³/mol. The topological polar surface area (TPSA) is 112 Å². The van der Waals surface area contributed by atoms with Gasteiger partial charge in [-0.25, -0.2) is 4.98 Å². The van der Waals surface area contributed by atoms with Crippen molar-refractivity contribution in [1.29, 1.82) is 0 Å². The van der Waals surface area contributed by atoms with Gasteiger partial charge in [-0.2, -0.15) is 0 Å². The number of hydrogen-bond donors (Lipinski definition) is 3. The molecule has 2 saturated carbocycles. The first-order chi connectivity index (χ1) is 21.4. The molecule has 45 heavy (non-hydrogen) atoms. The summed E-state index contributed by atoms with van der Waals surface area (Å²) >= 11 is 1.60. The average molecular weight is 637 g/mol. The van der Waals surface area contributed by atoms with Crippen molar-refractivity contribution in [3.8, 4) is 10.4 Å². The highest BCUT2D eigenvalue weighted by Crippen LogP contribution is 2.40. The third kappa shape index (κ3) is 7.97. The SMILES string of the molecule is Cc1ncsc1-c1ccc([C@H](C)NC(=O)[C@@H]2C[C@@H](O)CN2C(=O)[C@@H](NC(=O)C2CCCC(C3CCCC3)CC2)C(C)(C)C)cc1. The van der Waals surface area contributed by atoms with E-state index in [4.69, 9.17) is 0 Å². The van der Waals surface area contributed by atoms with Crippen LogP contribution in [0.15, 0.2) is 29.8 Å². The van der Waals surface area contributed by atoms with E-state index in [0.29, 0.717) is 0 Å². The number of carbonyl (C=O) groups excluding carboxylic acids is 3. The lowest BCUT2D eigenvalue weighted by molar-refractivity contribution is -0.144. The lowest BCUT2D eigenvalue weighted by Gasteiger charge is -2.36. The monoisotopic (exact) mass is 636 g/mol. The largest absolute Gasteiger partial charge is 0.391 e. The number of aryl methyl sites for hydroxylation is 1. The number of nitrogens with zero attached hydrogens (tertiary/aromatic N) is 2. The van der Waals surface area contributed by atoms with Crippen LogP contribution in [0.4, 0.5) is 0 Å². The Morgan fingerprint density at radius 1 is 0.933 bits per heavy atom. The number of thiazole rings is 1. The highest BCUT2D eigenvalue weighted by molar-refractivity contribution is 7.13. The predicted octanol–water partition coefficient (Wildman–Crippen LogP) is 6.18. The van der Waals surface area contributed by atoms with Crippen LogP contribution in [0, 0.1) is 30.1 Å². The molecule has 5 rings (SSSR count). The van der Waals surface area contributed by atoms with Gasteiger partial charge in [0.05, 0.1) is 28.2 Å². The molecule has 3 amide bonds. The summed E-state index contributed by atoms with van der Waals surface area (Å²) in [5.41, 5.74) is 4.29. The number of likely N-dealkylation sites (tertiary alicyclic amines) is 1. The van der Waals surface area contributed by atoms with E-state index in [1.807, 2.05) is 64.4 Å². The van der Waals surface area contributed by atoms with Gasteiger partial charge < -0.3 is 20.6 Å². The Bertz CT molecular complexity index is 1330. The lowest BCUT2D eigenvalue weighted by Crippen LogP contribution is -2.58. The summed E-state index contributed by atoms with van der Waals surface area (Å²) < 4.78 is 0. The summed E-state index contributed by atoms with van der Waals surface area (Å²) in [7, 11) is 0. The summed E-state index contributed by atoms with van der Waals surface area (Å²) in [5.74, 6) is 0.790. The number of aliphatic hydroxyl groups is 1. The maximum atomic E-state index is 14.1. The molecule has 1 saturated heterocycles. The Kier molecular flexibility index (Phi) is 10.7. The molecule has 2 aliphatic carbocycles. The molecular weight excluding hydrogens is 584 g/mol. The fraction of sp³-hybridized carbons (Fsp3) is 0.667. The molecule has 1 aliphatic heterocycles. The van der Waals surface area contributed by atoms with E-state index in [-0.39, 0.29) is 42.6 Å². The number of nitrogens with one attached hydrogen (secondary N) is 2. The van der Waals surface area contributed by atoms with E-state index < -0.39 is 23.6 Å². The van der Waals surface area contributed by atoms with Gasteiger partial charge in [-0.05, 0) is 61.5 Å². The first kappa shape index (κ1) is 33.6. The van der Waals surface area contributed by atoms with E-state index in [0.717, 1.165) is 59.2 Å². The van der Waals surface area contributed by atoms with E-state index in [9.17, 15) is 19.5 Å². The maximum Gasteiger partial charge on any atom is 0.246 e. The number of rotatable bonds is 8. The zero-order valence-corrected chi connectivity index (χ0v) is 28.5. The Hall–Kier alpha value is -2.78. The van der Waals surface area contributed by atoms with Gasteiger partial charge in [0.15, 0.2) is 0 Å². The lowest BCUT2D eigenvalue weighted by atomic mass is 9.84. The molecule has 0 spiro atoms. The quantitative estimate of drug-likeness (QED) is 0.300. The van der Waals surface area contributed by atoms with Crippen LogP contribution in [-0.4, -0.2) is 57.4 Å². The van der Waals surface area contributed by atoms with Gasteiger partial charge in [0.25, 0.3) is 0 Å². The number of aromatic nitrogens is 1. The summed E-state index contributed by atoms with van der Waals surface area (Å²) in [6, 6.07) is 6.19. The second kappa shape index (κ2) is 14.3. The van der Waals surface area contributed by atoms with Gasteiger partial charge in [0.2, 0.25) is 17.7 Å². The molecule has 0 bridgehead atoms. The molecule has 246 valence electrons. The van der Waals surface area contributed by atoms with Crippen molar-refractivity contribution in [2.75, 3.05) is 6.54 Å². The third-order valence-corrected chi connectivity index (χ3v) is 11.5. The van der Waals surface area contributed by atoms with Crippen molar-refractivity contribution in [3.63, 3.8) is 0 Å². The fourth-order valence-electron chi connectivity index (χ4n) is 7.77. The molecule has 2 heterocycles. The summed E-state index contributed by atoms with van der Waals surface area (Å²) in [6.07, 6.45) is 9.78. The van der Waals surface area contributed by atoms with Gasteiger partial charge in [-0.15, -0.1) is 11.3 Å². The Morgan fingerprint density at radius 3 is 2.24 bits per heavy atom. The van der Waals surface area contributed by atoms with Crippen molar-refractivity contribution < 1.29 is 19.5 Å². The van der Waals surface area contributed by atoms with Gasteiger partial charge in [-0.3, -0.25) is 14.4 Å². The minimum atomic E-state index is -0.805. The summed E-state index contributed by atoms with van der Waals surface area (Å²) in [4.78, 5) is 48.3. The van der Waals surface area contributed by atoms with Gasteiger partial charge in [0, 0.05) is 18.9 Å². The molecular formula is C36H52N4O4S. The summed E-state index contributed by atoms with van der Waals surface area (Å²) in [5, 5.41) is 16.8. The molecule has 2 unspecified atom stereocenters. The number of aliphatic hydroxyl groups excluding tert-OH is 1. The van der Waals surface area contributed by atoms with Crippen molar-refractivity contribution in [2.24, 2.45) is 23.2 Å². The zero-order chi connectivity index (χ0) is 32.3. The van der Waals surface area contributed by atoms with Crippen LogP contribution >= 0.6 is 11.3 Å². The maximum absolute atomic E-state index is 14.1. The van der Waals surface area contributed by atoms with E-state index >= 15 is 0 Å². The van der Waals surface area contributed by atoms with Gasteiger partial charge >= 0.3 is 0 Å². The smallest absolute Gasteiger partial charge is 0.246 e. The Labute approximate surface area is 272 Å². The number of carbonyl (C=O) groups is 3. The minimum absolute atomic E-state index is 0.0540. The number of amides is 3. The molecule has 3 N–H and O–H groups in total. The highest BCUT2D eigenvalue weighted by atomic mass is 32.1. The molecule has 3 aliphatic rings. The normalized spacial score (nSPS) is 25.9. The first-order valence-electron chi connectivity index (χ1n) is 17.0. The minimum Gasteiger partial charge on any atom is -0.391 e. The second-order valence-corrected chi connectivity index (χ2v) is 15.7. The molecule has 6 atom stereocenters. The Morgan fingerprint density at radius 2 is 1.60 bits per heavy atom. The van der Waals surface area contributed by atoms with Crippen LogP contribution in [0.3, 0.4) is 0 Å². The van der Waals surface area contributed by atoms with E-state index in [2.05, 4.69) is 15.6 Å². The molecule has 1 aromatic heterocycles. The first-order valence-corrected chi connectivity index (χ1v) is 17.9. The average Bonchev–Trinajstić information content (AvgIpc) is 3.73. The molecule has 8 nitrogen and oxygen atoms in total. The fourth-order valence-corrected chi connectivity index (χ4v) is 8.58. The van der Waals surface area contributed by atoms with Gasteiger partial charge in [0.1, 0.15) is 12.1 Å². The van der Waals surface area contributed by atoms with Crippen LogP contribution in [0.25, 0.3) is 10.4 Å². The van der Waals surface area contributed by atoms with E-state index in [1.54, 1.807) is 11.3 Å². The van der Waals surface area contributed by atoms with Crippen molar-refractivity contribution >= 4 is 29.1 Å². The van der Waals surface area contributed by atoms with Crippen molar-refractivity contribution in [2.45, 2.75) is 123 Å². The van der Waals surface area contributed by atoms with Crippen molar-refractivity contribution in [1.82, 2.24) is 20.5 Å². The molecule has 2 aromatic rings. The number of hydrogen-bond acceptors (Lipinski definition) is 6. The molecule has 9 heteroatoms. The zero-order valence-electron chi connectivity index (χ0n) is 27.7. The molecule has 1 aromatic carbocycles. The number of benzene rings is 1. The van der Waals surface area contributed by atoms with Crippen LogP contribution in [0.1, 0.15) is 109 Å². The van der Waals surface area contributed by atoms with Gasteiger partial charge in [-0.1, -0.05) is 83.6 Å². The van der Waals surface area contributed by atoms with Crippen LogP contribution in [0.2, 0.25) is 0 Å². The van der Waals surface area contributed by atoms with Crippen molar-refractivity contribution in [3.05, 3.63) is 41.0 Å². The Balaban J connectivity index is 1.22. The van der Waals surface area contributed by atoms with Crippen LogP contribution < -0.4 is 10.6 Å². The molecule has 3 fully saturated rings.